The van der Waals surface area contributed by atoms with Crippen molar-refractivity contribution < 1.29 is 23.9 Å². The molecule has 8 heteroatoms. The van der Waals surface area contributed by atoms with Gasteiger partial charge in [0.1, 0.15) is 17.2 Å². The Morgan fingerprint density at radius 2 is 1.79 bits per heavy atom. The molecule has 4 rings (SSSR count). The highest BCUT2D eigenvalue weighted by molar-refractivity contribution is 6.46. The standard InChI is InChI=1S/C30H36FN3O4/c1-4-6-24(20-9-11-21(12-10-20)27(37)32-18-13-25(35)36)34-28(38)26(22-7-5-8-23(31)19-22)33-30(34)16-14-29(2,3)15-17-30/h5,7-12,19,24H,4,6,13-18H2,1-3H3,(H,32,37)(H,35,36)/t24-/m1/s1. The summed E-state index contributed by atoms with van der Waals surface area (Å²) in [7, 11) is 0. The first-order valence-electron chi connectivity index (χ1n) is 13.3. The van der Waals surface area contributed by atoms with E-state index in [1.165, 1.54) is 12.1 Å². The minimum absolute atomic E-state index is 0.0513. The Kier molecular flexibility index (Phi) is 7.99. The number of hydrogen-bond donors (Lipinski definition) is 2. The first-order chi connectivity index (χ1) is 18.0. The first kappa shape index (κ1) is 27.5. The van der Waals surface area contributed by atoms with Crippen LogP contribution in [0, 0.1) is 11.2 Å². The number of rotatable bonds is 9. The molecule has 1 heterocycles. The first-order valence-corrected chi connectivity index (χ1v) is 13.3. The van der Waals surface area contributed by atoms with E-state index >= 15 is 0 Å². The zero-order valence-corrected chi connectivity index (χ0v) is 22.3. The number of halogens is 1. The molecule has 202 valence electrons. The molecule has 1 aliphatic heterocycles. The molecule has 1 atom stereocenters. The van der Waals surface area contributed by atoms with Gasteiger partial charge in [-0.3, -0.25) is 19.4 Å². The fraction of sp³-hybridized carbons (Fsp3) is 0.467. The molecular weight excluding hydrogens is 485 g/mol. The summed E-state index contributed by atoms with van der Waals surface area (Å²) >= 11 is 0. The summed E-state index contributed by atoms with van der Waals surface area (Å²) in [5.74, 6) is -1.91. The van der Waals surface area contributed by atoms with E-state index in [4.69, 9.17) is 10.1 Å². The Bertz CT molecular complexity index is 1230. The smallest absolute Gasteiger partial charge is 0.305 e. The van der Waals surface area contributed by atoms with Gasteiger partial charge >= 0.3 is 5.97 Å². The number of carbonyl (C=O) groups is 3. The van der Waals surface area contributed by atoms with E-state index < -0.39 is 17.4 Å². The van der Waals surface area contributed by atoms with Gasteiger partial charge in [0.25, 0.3) is 11.8 Å². The van der Waals surface area contributed by atoms with Gasteiger partial charge in [0.2, 0.25) is 0 Å². The summed E-state index contributed by atoms with van der Waals surface area (Å²) in [6.07, 6.45) is 4.71. The fourth-order valence-electron chi connectivity index (χ4n) is 5.51. The molecule has 0 radical (unpaired) electrons. The normalized spacial score (nSPS) is 18.8. The highest BCUT2D eigenvalue weighted by atomic mass is 19.1. The van der Waals surface area contributed by atoms with Crippen LogP contribution >= 0.6 is 0 Å². The Morgan fingerprint density at radius 3 is 2.39 bits per heavy atom. The summed E-state index contributed by atoms with van der Waals surface area (Å²) in [5, 5.41) is 11.4. The van der Waals surface area contributed by atoms with E-state index in [9.17, 15) is 18.8 Å². The molecule has 2 aliphatic rings. The molecule has 1 fully saturated rings. The van der Waals surface area contributed by atoms with Crippen molar-refractivity contribution in [3.8, 4) is 0 Å². The van der Waals surface area contributed by atoms with Gasteiger partial charge in [0.15, 0.2) is 0 Å². The van der Waals surface area contributed by atoms with Crippen LogP contribution in [0.3, 0.4) is 0 Å². The minimum Gasteiger partial charge on any atom is -0.481 e. The number of carboxylic acid groups (broad SMARTS) is 1. The molecule has 1 saturated carbocycles. The molecule has 0 saturated heterocycles. The van der Waals surface area contributed by atoms with Crippen LogP contribution in [0.15, 0.2) is 53.5 Å². The summed E-state index contributed by atoms with van der Waals surface area (Å²) < 4.78 is 14.1. The number of carboxylic acids is 1. The number of nitrogens with one attached hydrogen (secondary N) is 1. The average molecular weight is 522 g/mol. The van der Waals surface area contributed by atoms with Gasteiger partial charge in [0, 0.05) is 17.7 Å². The van der Waals surface area contributed by atoms with Gasteiger partial charge in [-0.1, -0.05) is 51.5 Å². The van der Waals surface area contributed by atoms with Crippen LogP contribution in [0.25, 0.3) is 0 Å². The van der Waals surface area contributed by atoms with Gasteiger partial charge < -0.3 is 15.3 Å². The second-order valence-electron chi connectivity index (χ2n) is 11.1. The molecule has 2 aromatic rings. The molecule has 38 heavy (non-hydrogen) atoms. The third kappa shape index (κ3) is 5.79. The predicted octanol–water partition coefficient (Wildman–Crippen LogP) is 5.50. The largest absolute Gasteiger partial charge is 0.481 e. The van der Waals surface area contributed by atoms with Gasteiger partial charge in [0.05, 0.1) is 12.5 Å². The lowest BCUT2D eigenvalue weighted by Crippen LogP contribution is -2.51. The highest BCUT2D eigenvalue weighted by Crippen LogP contribution is 2.49. The van der Waals surface area contributed by atoms with E-state index in [-0.39, 0.29) is 36.2 Å². The van der Waals surface area contributed by atoms with Crippen LogP contribution in [-0.2, 0) is 9.59 Å². The molecule has 0 bridgehead atoms. The molecular formula is C30H36FN3O4. The quantitative estimate of drug-likeness (QED) is 0.455. The van der Waals surface area contributed by atoms with Crippen molar-refractivity contribution in [3.63, 3.8) is 0 Å². The number of benzene rings is 2. The second kappa shape index (κ2) is 11.1. The van der Waals surface area contributed by atoms with Gasteiger partial charge in [-0.15, -0.1) is 0 Å². The lowest BCUT2D eigenvalue weighted by Gasteiger charge is -2.47. The number of aliphatic imine (C=N–C) groups is 1. The monoisotopic (exact) mass is 521 g/mol. The van der Waals surface area contributed by atoms with Crippen molar-refractivity contribution in [1.29, 1.82) is 0 Å². The van der Waals surface area contributed by atoms with Crippen molar-refractivity contribution in [2.24, 2.45) is 10.4 Å². The number of amides is 2. The summed E-state index contributed by atoms with van der Waals surface area (Å²) in [5.41, 5.74) is 1.59. The van der Waals surface area contributed by atoms with E-state index in [0.29, 0.717) is 23.3 Å². The maximum Gasteiger partial charge on any atom is 0.305 e. The van der Waals surface area contributed by atoms with Crippen LogP contribution in [0.5, 0.6) is 0 Å². The summed E-state index contributed by atoms with van der Waals surface area (Å²) in [6, 6.07) is 12.9. The van der Waals surface area contributed by atoms with Crippen LogP contribution in [0.2, 0.25) is 0 Å². The molecule has 1 spiro atoms. The van der Waals surface area contributed by atoms with E-state index in [1.807, 2.05) is 17.0 Å². The summed E-state index contributed by atoms with van der Waals surface area (Å²) in [6.45, 7) is 6.60. The Morgan fingerprint density at radius 1 is 1.11 bits per heavy atom. The van der Waals surface area contributed by atoms with Crippen LogP contribution in [0.4, 0.5) is 4.39 Å². The molecule has 7 nitrogen and oxygen atoms in total. The molecule has 0 unspecified atom stereocenters. The highest BCUT2D eigenvalue weighted by Gasteiger charge is 2.52. The Balaban J connectivity index is 1.67. The zero-order valence-electron chi connectivity index (χ0n) is 22.3. The molecule has 2 N–H and O–H groups in total. The van der Waals surface area contributed by atoms with E-state index in [2.05, 4.69) is 26.1 Å². The topological polar surface area (TPSA) is 99.1 Å². The van der Waals surface area contributed by atoms with Crippen LogP contribution in [0.1, 0.15) is 93.2 Å². The van der Waals surface area contributed by atoms with Gasteiger partial charge in [-0.25, -0.2) is 4.39 Å². The molecule has 0 aromatic heterocycles. The molecule has 1 aliphatic carbocycles. The third-order valence-corrected chi connectivity index (χ3v) is 7.75. The van der Waals surface area contributed by atoms with E-state index in [1.54, 1.807) is 24.3 Å². The second-order valence-corrected chi connectivity index (χ2v) is 11.1. The van der Waals surface area contributed by atoms with Gasteiger partial charge in [-0.2, -0.15) is 0 Å². The maximum atomic E-state index is 14.1. The molecule has 2 aromatic carbocycles. The van der Waals surface area contributed by atoms with Crippen molar-refractivity contribution in [3.05, 3.63) is 71.0 Å². The average Bonchev–Trinajstić information content (AvgIpc) is 3.16. The summed E-state index contributed by atoms with van der Waals surface area (Å²) in [4.78, 5) is 44.2. The Hall–Kier alpha value is -3.55. The lowest BCUT2D eigenvalue weighted by molar-refractivity contribution is -0.137. The van der Waals surface area contributed by atoms with Crippen molar-refractivity contribution in [2.75, 3.05) is 6.54 Å². The van der Waals surface area contributed by atoms with Gasteiger partial charge in [-0.05, 0) is 67.3 Å². The minimum atomic E-state index is -0.974. The maximum absolute atomic E-state index is 14.1. The number of nitrogens with zero attached hydrogens (tertiary/aromatic N) is 2. The molecule has 2 amide bonds. The van der Waals surface area contributed by atoms with Crippen molar-refractivity contribution >= 4 is 23.5 Å². The number of aliphatic carboxylic acids is 1. The fourth-order valence-corrected chi connectivity index (χ4v) is 5.51. The number of carbonyl (C=O) groups excluding carboxylic acids is 2. The van der Waals surface area contributed by atoms with Crippen molar-refractivity contribution in [1.82, 2.24) is 10.2 Å². The number of hydrogen-bond acceptors (Lipinski definition) is 4. The Labute approximate surface area is 223 Å². The third-order valence-electron chi connectivity index (χ3n) is 7.75. The van der Waals surface area contributed by atoms with Crippen LogP contribution < -0.4 is 5.32 Å². The van der Waals surface area contributed by atoms with Crippen molar-refractivity contribution in [2.45, 2.75) is 77.4 Å². The van der Waals surface area contributed by atoms with Crippen LogP contribution in [-0.4, -0.2) is 45.7 Å². The van der Waals surface area contributed by atoms with E-state index in [0.717, 1.165) is 37.7 Å². The predicted molar refractivity (Wildman–Crippen MR) is 143 cm³/mol. The SMILES string of the molecule is CCC[C@H](c1ccc(C(=O)NCCC(=O)O)cc1)N1C(=O)C(c2cccc(F)c2)=NC12CCC(C)(C)CC2. The lowest BCUT2D eigenvalue weighted by atomic mass is 9.72. The zero-order chi connectivity index (χ0) is 27.5.